The summed E-state index contributed by atoms with van der Waals surface area (Å²) in [5.41, 5.74) is 5.50. The summed E-state index contributed by atoms with van der Waals surface area (Å²) in [5.74, 6) is 0.616. The molecule has 0 N–H and O–H groups in total. The maximum absolute atomic E-state index is 12.8. The Morgan fingerprint density at radius 1 is 1.23 bits per heavy atom. The van der Waals surface area contributed by atoms with E-state index in [0.717, 1.165) is 19.4 Å². The first kappa shape index (κ1) is 12.7. The van der Waals surface area contributed by atoms with Crippen LogP contribution < -0.4 is 0 Å². The molecule has 3 fully saturated rings. The fourth-order valence-corrected chi connectivity index (χ4v) is 5.07. The number of aryl methyl sites for hydroxylation is 1. The number of aromatic nitrogens is 1. The fourth-order valence-electron chi connectivity index (χ4n) is 5.07. The van der Waals surface area contributed by atoms with Gasteiger partial charge in [0.1, 0.15) is 0 Å². The van der Waals surface area contributed by atoms with Crippen LogP contribution in [-0.4, -0.2) is 27.8 Å². The Bertz CT molecular complexity index is 844. The van der Waals surface area contributed by atoms with Crippen molar-refractivity contribution in [1.29, 1.82) is 0 Å². The van der Waals surface area contributed by atoms with Gasteiger partial charge in [-0.1, -0.05) is 24.3 Å². The van der Waals surface area contributed by atoms with Gasteiger partial charge in [-0.05, 0) is 37.0 Å². The number of allylic oxidation sites excluding steroid dienone is 1. The largest absolute Gasteiger partial charge is 0.346 e. The van der Waals surface area contributed by atoms with Crippen molar-refractivity contribution in [2.45, 2.75) is 31.8 Å². The zero-order valence-electron chi connectivity index (χ0n) is 13.0. The van der Waals surface area contributed by atoms with Crippen molar-refractivity contribution >= 4 is 16.7 Å². The minimum atomic E-state index is 0.103. The Labute approximate surface area is 130 Å². The van der Waals surface area contributed by atoms with Gasteiger partial charge in [-0.2, -0.15) is 0 Å². The summed E-state index contributed by atoms with van der Waals surface area (Å²) in [6.45, 7) is 3.05. The Balaban J connectivity index is 1.76. The number of nitrogens with zero attached hydrogens (tertiary/aromatic N) is 2. The fraction of sp³-hybridized carbons (Fsp3) is 0.421. The predicted molar refractivity (Wildman–Crippen MR) is 86.7 cm³/mol. The molecule has 0 radical (unpaired) electrons. The van der Waals surface area contributed by atoms with E-state index in [1.165, 1.54) is 27.7 Å². The van der Waals surface area contributed by atoms with Crippen molar-refractivity contribution in [2.24, 2.45) is 13.0 Å². The molecule has 1 aromatic heterocycles. The van der Waals surface area contributed by atoms with Gasteiger partial charge in [0.15, 0.2) is 5.78 Å². The summed E-state index contributed by atoms with van der Waals surface area (Å²) in [7, 11) is 2.18. The Hall–Kier alpha value is -1.87. The average Bonchev–Trinajstić information content (AvgIpc) is 2.84. The van der Waals surface area contributed by atoms with Crippen molar-refractivity contribution in [1.82, 2.24) is 9.47 Å². The molecule has 0 aliphatic carbocycles. The molecule has 6 rings (SSSR count). The molecule has 0 spiro atoms. The second-order valence-corrected chi connectivity index (χ2v) is 6.90. The van der Waals surface area contributed by atoms with Crippen LogP contribution in [0, 0.1) is 5.92 Å². The Morgan fingerprint density at radius 3 is 2.86 bits per heavy atom. The van der Waals surface area contributed by atoms with Gasteiger partial charge >= 0.3 is 0 Å². The lowest BCUT2D eigenvalue weighted by molar-refractivity contribution is -0.137. The molecule has 3 saturated heterocycles. The number of Topliss-reactive ketones (excluding diaryl/α,β-unsaturated/α-hetero) is 1. The van der Waals surface area contributed by atoms with Crippen molar-refractivity contribution in [3.05, 3.63) is 47.2 Å². The monoisotopic (exact) mass is 292 g/mol. The average molecular weight is 292 g/mol. The van der Waals surface area contributed by atoms with Gasteiger partial charge in [0.2, 0.25) is 0 Å². The molecule has 4 bridgehead atoms. The molecule has 1 aromatic carbocycles. The van der Waals surface area contributed by atoms with Crippen LogP contribution in [0.25, 0.3) is 10.9 Å². The summed E-state index contributed by atoms with van der Waals surface area (Å²) in [6, 6.07) is 9.15. The van der Waals surface area contributed by atoms with E-state index in [2.05, 4.69) is 53.8 Å². The highest BCUT2D eigenvalue weighted by Crippen LogP contribution is 2.50. The summed E-state index contributed by atoms with van der Waals surface area (Å²) in [6.07, 6.45) is 4.01. The lowest BCUT2D eigenvalue weighted by atomic mass is 9.69. The maximum atomic E-state index is 12.8. The second kappa shape index (κ2) is 4.11. The molecule has 22 heavy (non-hydrogen) atoms. The number of rotatable bonds is 0. The molecule has 4 aliphatic heterocycles. The standard InChI is InChI=1S/C19H20N2O/c1-3-11-10-21-16-8-13(11)19(22)17(21)9-14-12-6-4-5-7-15(12)20(2)18(14)16/h3-7,13,16-17H,8-10H2,1-2H3/b11-3-/t13-,16-,17-/m0/s1. The molecule has 0 amide bonds. The number of fused-ring (bicyclic) bond motifs is 4. The number of ketones is 1. The number of para-hydroxylation sites is 1. The van der Waals surface area contributed by atoms with Gasteiger partial charge in [-0.3, -0.25) is 9.69 Å². The quantitative estimate of drug-likeness (QED) is 0.697. The third-order valence-corrected chi connectivity index (χ3v) is 6.09. The Kier molecular flexibility index (Phi) is 2.36. The van der Waals surface area contributed by atoms with Crippen LogP contribution in [0.15, 0.2) is 35.9 Å². The van der Waals surface area contributed by atoms with Gasteiger partial charge in [0.25, 0.3) is 0 Å². The third kappa shape index (κ3) is 1.33. The molecule has 5 heterocycles. The number of hydrogen-bond acceptors (Lipinski definition) is 2. The predicted octanol–water partition coefficient (Wildman–Crippen LogP) is 3.00. The number of carbonyl (C=O) groups is 1. The molecule has 112 valence electrons. The van der Waals surface area contributed by atoms with E-state index in [4.69, 9.17) is 0 Å². The molecular weight excluding hydrogens is 272 g/mol. The van der Waals surface area contributed by atoms with Gasteiger partial charge in [0, 0.05) is 36.1 Å². The van der Waals surface area contributed by atoms with Crippen LogP contribution in [0.5, 0.6) is 0 Å². The molecule has 4 atom stereocenters. The molecule has 4 aliphatic rings. The molecule has 1 unspecified atom stereocenters. The second-order valence-electron chi connectivity index (χ2n) is 6.90. The molecular formula is C19H20N2O. The Morgan fingerprint density at radius 2 is 2.05 bits per heavy atom. The minimum absolute atomic E-state index is 0.103. The first-order valence-electron chi connectivity index (χ1n) is 8.21. The van der Waals surface area contributed by atoms with Crippen LogP contribution in [0.1, 0.15) is 30.6 Å². The van der Waals surface area contributed by atoms with Gasteiger partial charge in [-0.25, -0.2) is 0 Å². The number of hydrogen-bond donors (Lipinski definition) is 0. The van der Waals surface area contributed by atoms with E-state index in [1.807, 2.05) is 0 Å². The van der Waals surface area contributed by atoms with Crippen molar-refractivity contribution < 1.29 is 4.79 Å². The molecule has 3 heteroatoms. The van der Waals surface area contributed by atoms with E-state index in [0.29, 0.717) is 11.8 Å². The smallest absolute Gasteiger partial charge is 0.157 e. The van der Waals surface area contributed by atoms with E-state index < -0.39 is 0 Å². The highest BCUT2D eigenvalue weighted by atomic mass is 16.1. The minimum Gasteiger partial charge on any atom is -0.346 e. The number of benzene rings is 1. The first-order chi connectivity index (χ1) is 10.7. The van der Waals surface area contributed by atoms with E-state index in [9.17, 15) is 4.79 Å². The van der Waals surface area contributed by atoms with E-state index in [-0.39, 0.29) is 12.0 Å². The van der Waals surface area contributed by atoms with Crippen molar-refractivity contribution in [3.63, 3.8) is 0 Å². The van der Waals surface area contributed by atoms with Gasteiger partial charge in [0.05, 0.1) is 12.1 Å². The molecule has 2 aromatic rings. The van der Waals surface area contributed by atoms with Crippen LogP contribution >= 0.6 is 0 Å². The highest BCUT2D eigenvalue weighted by molar-refractivity contribution is 5.94. The van der Waals surface area contributed by atoms with E-state index >= 15 is 0 Å². The normalized spacial score (nSPS) is 34.5. The van der Waals surface area contributed by atoms with E-state index in [1.54, 1.807) is 0 Å². The van der Waals surface area contributed by atoms with Gasteiger partial charge in [-0.15, -0.1) is 0 Å². The summed E-state index contributed by atoms with van der Waals surface area (Å²) in [4.78, 5) is 15.3. The zero-order valence-corrected chi connectivity index (χ0v) is 13.0. The van der Waals surface area contributed by atoms with Crippen LogP contribution in [-0.2, 0) is 18.3 Å². The summed E-state index contributed by atoms with van der Waals surface area (Å²) in [5, 5.41) is 1.34. The van der Waals surface area contributed by atoms with Gasteiger partial charge < -0.3 is 4.57 Å². The molecule has 0 saturated carbocycles. The van der Waals surface area contributed by atoms with Crippen molar-refractivity contribution in [2.75, 3.05) is 6.54 Å². The van der Waals surface area contributed by atoms with Crippen LogP contribution in [0.3, 0.4) is 0 Å². The number of carbonyl (C=O) groups excluding carboxylic acids is 1. The summed E-state index contributed by atoms with van der Waals surface area (Å²) < 4.78 is 2.37. The van der Waals surface area contributed by atoms with Crippen LogP contribution in [0.2, 0.25) is 0 Å². The SMILES string of the molecule is C/C=C1/CN2[C@H]3Cc4c(n(C)c5ccccc45)[C@@H]2C[C@@H]1C3=O. The summed E-state index contributed by atoms with van der Waals surface area (Å²) >= 11 is 0. The zero-order chi connectivity index (χ0) is 15.0. The van der Waals surface area contributed by atoms with Crippen LogP contribution in [0.4, 0.5) is 0 Å². The lowest BCUT2D eigenvalue weighted by Crippen LogP contribution is -2.60. The lowest BCUT2D eigenvalue weighted by Gasteiger charge is -2.53. The maximum Gasteiger partial charge on any atom is 0.157 e. The molecule has 3 nitrogen and oxygen atoms in total. The number of piperidine rings is 3. The van der Waals surface area contributed by atoms with Crippen molar-refractivity contribution in [3.8, 4) is 0 Å². The first-order valence-corrected chi connectivity index (χ1v) is 8.21. The topological polar surface area (TPSA) is 25.2 Å². The highest BCUT2D eigenvalue weighted by Gasteiger charge is 2.52. The third-order valence-electron chi connectivity index (χ3n) is 6.09.